The Morgan fingerprint density at radius 3 is 2.32 bits per heavy atom. The Labute approximate surface area is 132 Å². The fourth-order valence-electron chi connectivity index (χ4n) is 2.24. The number of pyridine rings is 1. The second-order valence-electron chi connectivity index (χ2n) is 5.18. The molecule has 1 heterocycles. The molecule has 1 aromatic carbocycles. The van der Waals surface area contributed by atoms with Crippen LogP contribution in [0.15, 0.2) is 48.7 Å². The number of nitrogens with zero attached hydrogens (tertiary/aromatic N) is 2. The van der Waals surface area contributed by atoms with Crippen LogP contribution in [0.3, 0.4) is 0 Å². The van der Waals surface area contributed by atoms with Gasteiger partial charge in [-0.05, 0) is 36.3 Å². The summed E-state index contributed by atoms with van der Waals surface area (Å²) in [5.41, 5.74) is 2.83. The smallest absolute Gasteiger partial charge is 0.270 e. The number of benzene rings is 1. The molecule has 116 valence electrons. The Morgan fingerprint density at radius 2 is 1.73 bits per heavy atom. The fourth-order valence-corrected chi connectivity index (χ4v) is 2.24. The van der Waals surface area contributed by atoms with E-state index in [0.717, 1.165) is 25.2 Å². The minimum absolute atomic E-state index is 0.146. The van der Waals surface area contributed by atoms with Gasteiger partial charge in [-0.2, -0.15) is 0 Å². The summed E-state index contributed by atoms with van der Waals surface area (Å²) in [5.74, 6) is -0.146. The largest absolute Gasteiger partial charge is 0.347 e. The molecule has 0 radical (unpaired) electrons. The highest BCUT2D eigenvalue weighted by Crippen LogP contribution is 2.08. The molecule has 0 aliphatic rings. The van der Waals surface area contributed by atoms with Crippen molar-refractivity contribution in [2.75, 3.05) is 13.1 Å². The van der Waals surface area contributed by atoms with Crippen molar-refractivity contribution >= 4 is 5.91 Å². The summed E-state index contributed by atoms with van der Waals surface area (Å²) in [6.07, 6.45) is 1.62. The fraction of sp³-hybridized carbons (Fsp3) is 0.333. The van der Waals surface area contributed by atoms with E-state index in [1.807, 2.05) is 6.07 Å². The monoisotopic (exact) mass is 297 g/mol. The van der Waals surface area contributed by atoms with Crippen molar-refractivity contribution < 1.29 is 4.79 Å². The van der Waals surface area contributed by atoms with Crippen LogP contribution >= 0.6 is 0 Å². The first kappa shape index (κ1) is 16.2. The molecule has 1 amide bonds. The normalized spacial score (nSPS) is 10.7. The van der Waals surface area contributed by atoms with Gasteiger partial charge in [0.25, 0.3) is 5.91 Å². The third-order valence-corrected chi connectivity index (χ3v) is 3.67. The number of hydrogen-bond donors (Lipinski definition) is 1. The third-order valence-electron chi connectivity index (χ3n) is 3.67. The molecule has 0 spiro atoms. The Morgan fingerprint density at radius 1 is 1.05 bits per heavy atom. The second kappa shape index (κ2) is 8.29. The van der Waals surface area contributed by atoms with Gasteiger partial charge in [-0.3, -0.25) is 14.7 Å². The number of hydrogen-bond acceptors (Lipinski definition) is 3. The molecule has 0 aliphatic heterocycles. The van der Waals surface area contributed by atoms with Crippen molar-refractivity contribution in [3.05, 3.63) is 65.5 Å². The minimum atomic E-state index is -0.146. The first-order valence-corrected chi connectivity index (χ1v) is 7.72. The van der Waals surface area contributed by atoms with Crippen LogP contribution in [-0.2, 0) is 13.1 Å². The first-order chi connectivity index (χ1) is 10.7. The van der Waals surface area contributed by atoms with Gasteiger partial charge in [0.15, 0.2) is 0 Å². The number of carbonyl (C=O) groups is 1. The molecule has 0 unspecified atom stereocenters. The zero-order valence-electron chi connectivity index (χ0n) is 13.2. The Kier molecular flexibility index (Phi) is 6.10. The van der Waals surface area contributed by atoms with E-state index in [1.54, 1.807) is 18.3 Å². The second-order valence-corrected chi connectivity index (χ2v) is 5.18. The standard InChI is InChI=1S/C18H23N3O/c1-3-21(4-2)14-16-10-8-15(9-11-16)13-20-18(22)17-7-5-6-12-19-17/h5-12H,3-4,13-14H2,1-2H3,(H,20,22). The summed E-state index contributed by atoms with van der Waals surface area (Å²) >= 11 is 0. The van der Waals surface area contributed by atoms with E-state index in [2.05, 4.69) is 53.3 Å². The van der Waals surface area contributed by atoms with Crippen LogP contribution in [0, 0.1) is 0 Å². The van der Waals surface area contributed by atoms with Gasteiger partial charge in [-0.1, -0.05) is 44.2 Å². The lowest BCUT2D eigenvalue weighted by atomic mass is 10.1. The van der Waals surface area contributed by atoms with Gasteiger partial charge in [0.05, 0.1) is 0 Å². The van der Waals surface area contributed by atoms with Crippen LogP contribution in [0.5, 0.6) is 0 Å². The van der Waals surface area contributed by atoms with Gasteiger partial charge in [0.2, 0.25) is 0 Å². The Hall–Kier alpha value is -2.20. The molecule has 0 atom stereocenters. The number of amides is 1. The average molecular weight is 297 g/mol. The van der Waals surface area contributed by atoms with Gasteiger partial charge in [0.1, 0.15) is 5.69 Å². The predicted molar refractivity (Wildman–Crippen MR) is 88.5 cm³/mol. The summed E-state index contributed by atoms with van der Waals surface area (Å²) in [6.45, 7) is 7.93. The molecule has 4 nitrogen and oxygen atoms in total. The summed E-state index contributed by atoms with van der Waals surface area (Å²) in [5, 5.41) is 2.89. The molecule has 0 fully saturated rings. The molecule has 0 saturated heterocycles. The van der Waals surface area contributed by atoms with Gasteiger partial charge in [-0.15, -0.1) is 0 Å². The van der Waals surface area contributed by atoms with Gasteiger partial charge in [-0.25, -0.2) is 0 Å². The maximum atomic E-state index is 11.9. The lowest BCUT2D eigenvalue weighted by molar-refractivity contribution is 0.0946. The summed E-state index contributed by atoms with van der Waals surface area (Å²) in [6, 6.07) is 13.7. The predicted octanol–water partition coefficient (Wildman–Crippen LogP) is 2.85. The molecule has 2 rings (SSSR count). The number of aromatic nitrogens is 1. The zero-order chi connectivity index (χ0) is 15.8. The van der Waals surface area contributed by atoms with E-state index in [4.69, 9.17) is 0 Å². The van der Waals surface area contributed by atoms with E-state index >= 15 is 0 Å². The summed E-state index contributed by atoms with van der Waals surface area (Å²) < 4.78 is 0. The number of nitrogens with one attached hydrogen (secondary N) is 1. The van der Waals surface area contributed by atoms with Gasteiger partial charge < -0.3 is 5.32 Å². The van der Waals surface area contributed by atoms with Crippen molar-refractivity contribution in [2.24, 2.45) is 0 Å². The molecule has 1 N–H and O–H groups in total. The van der Waals surface area contributed by atoms with E-state index in [9.17, 15) is 4.79 Å². The molecule has 22 heavy (non-hydrogen) atoms. The van der Waals surface area contributed by atoms with Crippen LogP contribution in [0.1, 0.15) is 35.5 Å². The van der Waals surface area contributed by atoms with Crippen molar-refractivity contribution in [2.45, 2.75) is 26.9 Å². The Bertz CT molecular complexity index is 577. The quantitative estimate of drug-likeness (QED) is 0.854. The number of carbonyl (C=O) groups excluding carboxylic acids is 1. The SMILES string of the molecule is CCN(CC)Cc1ccc(CNC(=O)c2ccccn2)cc1. The minimum Gasteiger partial charge on any atom is -0.347 e. The van der Waals surface area contributed by atoms with Crippen molar-refractivity contribution in [3.8, 4) is 0 Å². The zero-order valence-corrected chi connectivity index (χ0v) is 13.2. The summed E-state index contributed by atoms with van der Waals surface area (Å²) in [7, 11) is 0. The lowest BCUT2D eigenvalue weighted by Gasteiger charge is -2.18. The molecular formula is C18H23N3O. The van der Waals surface area contributed by atoms with E-state index in [0.29, 0.717) is 12.2 Å². The number of rotatable bonds is 7. The Balaban J connectivity index is 1.87. The van der Waals surface area contributed by atoms with Gasteiger partial charge in [0, 0.05) is 19.3 Å². The first-order valence-electron chi connectivity index (χ1n) is 7.72. The highest BCUT2D eigenvalue weighted by atomic mass is 16.1. The van der Waals surface area contributed by atoms with Gasteiger partial charge >= 0.3 is 0 Å². The topological polar surface area (TPSA) is 45.2 Å². The van der Waals surface area contributed by atoms with Crippen molar-refractivity contribution in [1.82, 2.24) is 15.2 Å². The van der Waals surface area contributed by atoms with E-state index in [-0.39, 0.29) is 5.91 Å². The van der Waals surface area contributed by atoms with E-state index < -0.39 is 0 Å². The lowest BCUT2D eigenvalue weighted by Crippen LogP contribution is -2.24. The van der Waals surface area contributed by atoms with E-state index in [1.165, 1.54) is 5.56 Å². The van der Waals surface area contributed by atoms with Crippen LogP contribution in [0.2, 0.25) is 0 Å². The van der Waals surface area contributed by atoms with Crippen LogP contribution < -0.4 is 5.32 Å². The van der Waals surface area contributed by atoms with Crippen LogP contribution in [0.4, 0.5) is 0 Å². The highest BCUT2D eigenvalue weighted by molar-refractivity contribution is 5.92. The molecule has 0 saturated carbocycles. The maximum absolute atomic E-state index is 11.9. The average Bonchev–Trinajstić information content (AvgIpc) is 2.59. The molecular weight excluding hydrogens is 274 g/mol. The maximum Gasteiger partial charge on any atom is 0.270 e. The summed E-state index contributed by atoms with van der Waals surface area (Å²) in [4.78, 5) is 18.3. The molecule has 4 heteroatoms. The van der Waals surface area contributed by atoms with Crippen molar-refractivity contribution in [3.63, 3.8) is 0 Å². The van der Waals surface area contributed by atoms with Crippen LogP contribution in [-0.4, -0.2) is 28.9 Å². The highest BCUT2D eigenvalue weighted by Gasteiger charge is 2.06. The molecule has 0 aliphatic carbocycles. The van der Waals surface area contributed by atoms with Crippen molar-refractivity contribution in [1.29, 1.82) is 0 Å². The molecule has 2 aromatic rings. The third kappa shape index (κ3) is 4.67. The molecule has 0 bridgehead atoms. The van der Waals surface area contributed by atoms with Crippen LogP contribution in [0.25, 0.3) is 0 Å². The molecule has 1 aromatic heterocycles.